The van der Waals surface area contributed by atoms with Crippen LogP contribution in [0, 0.1) is 6.92 Å². The SMILES string of the molecule is CCNC(CC)c1ccc(C)nc1. The molecule has 1 aromatic heterocycles. The van der Waals surface area contributed by atoms with Gasteiger partial charge in [-0.2, -0.15) is 0 Å². The van der Waals surface area contributed by atoms with E-state index >= 15 is 0 Å². The fraction of sp³-hybridized carbons (Fsp3) is 0.545. The van der Waals surface area contributed by atoms with E-state index in [1.54, 1.807) is 0 Å². The molecule has 0 radical (unpaired) electrons. The number of rotatable bonds is 4. The lowest BCUT2D eigenvalue weighted by molar-refractivity contribution is 0.535. The Hall–Kier alpha value is -0.890. The van der Waals surface area contributed by atoms with Crippen LogP contribution in [-0.2, 0) is 0 Å². The number of pyridine rings is 1. The second-order valence-corrected chi connectivity index (χ2v) is 3.25. The van der Waals surface area contributed by atoms with E-state index in [0.717, 1.165) is 18.7 Å². The Balaban J connectivity index is 2.73. The fourth-order valence-corrected chi connectivity index (χ4v) is 1.43. The van der Waals surface area contributed by atoms with Crippen LogP contribution >= 0.6 is 0 Å². The van der Waals surface area contributed by atoms with Crippen LogP contribution in [0.2, 0.25) is 0 Å². The van der Waals surface area contributed by atoms with Crippen molar-refractivity contribution in [3.8, 4) is 0 Å². The molecule has 1 N–H and O–H groups in total. The molecule has 0 fully saturated rings. The Morgan fingerprint density at radius 1 is 1.38 bits per heavy atom. The molecule has 1 rings (SSSR count). The van der Waals surface area contributed by atoms with Gasteiger partial charge in [0.25, 0.3) is 0 Å². The topological polar surface area (TPSA) is 24.9 Å². The number of hydrogen-bond acceptors (Lipinski definition) is 2. The van der Waals surface area contributed by atoms with Gasteiger partial charge in [-0.3, -0.25) is 4.98 Å². The summed E-state index contributed by atoms with van der Waals surface area (Å²) < 4.78 is 0. The van der Waals surface area contributed by atoms with Crippen molar-refractivity contribution in [1.82, 2.24) is 10.3 Å². The zero-order valence-corrected chi connectivity index (χ0v) is 8.67. The number of nitrogens with zero attached hydrogens (tertiary/aromatic N) is 1. The fourth-order valence-electron chi connectivity index (χ4n) is 1.43. The van der Waals surface area contributed by atoms with E-state index in [0.29, 0.717) is 6.04 Å². The van der Waals surface area contributed by atoms with Gasteiger partial charge in [0.2, 0.25) is 0 Å². The summed E-state index contributed by atoms with van der Waals surface area (Å²) in [5, 5.41) is 3.43. The summed E-state index contributed by atoms with van der Waals surface area (Å²) >= 11 is 0. The molecule has 0 aliphatic heterocycles. The van der Waals surface area contributed by atoms with Crippen molar-refractivity contribution < 1.29 is 0 Å². The molecule has 72 valence electrons. The zero-order valence-electron chi connectivity index (χ0n) is 8.67. The maximum absolute atomic E-state index is 4.29. The van der Waals surface area contributed by atoms with Gasteiger partial charge < -0.3 is 5.32 Å². The average Bonchev–Trinajstić information content (AvgIpc) is 2.16. The highest BCUT2D eigenvalue weighted by atomic mass is 14.9. The van der Waals surface area contributed by atoms with Crippen molar-refractivity contribution in [2.75, 3.05) is 6.54 Å². The third-order valence-corrected chi connectivity index (χ3v) is 2.20. The lowest BCUT2D eigenvalue weighted by Crippen LogP contribution is -2.20. The van der Waals surface area contributed by atoms with Gasteiger partial charge in [0.1, 0.15) is 0 Å². The Kier molecular flexibility index (Phi) is 3.90. The van der Waals surface area contributed by atoms with Crippen molar-refractivity contribution in [3.05, 3.63) is 29.6 Å². The molecule has 2 nitrogen and oxygen atoms in total. The summed E-state index contributed by atoms with van der Waals surface area (Å²) in [6.07, 6.45) is 3.07. The summed E-state index contributed by atoms with van der Waals surface area (Å²) in [5.41, 5.74) is 2.37. The van der Waals surface area contributed by atoms with Crippen LogP contribution in [0.3, 0.4) is 0 Å². The van der Waals surface area contributed by atoms with Gasteiger partial charge in [-0.25, -0.2) is 0 Å². The summed E-state index contributed by atoms with van der Waals surface area (Å²) in [6.45, 7) is 7.34. The molecule has 0 aliphatic rings. The number of hydrogen-bond donors (Lipinski definition) is 1. The minimum Gasteiger partial charge on any atom is -0.310 e. The van der Waals surface area contributed by atoms with Crippen LogP contribution in [0.25, 0.3) is 0 Å². The molecule has 0 aliphatic carbocycles. The van der Waals surface area contributed by atoms with Gasteiger partial charge >= 0.3 is 0 Å². The third kappa shape index (κ3) is 2.81. The second kappa shape index (κ2) is 4.97. The molecule has 0 aromatic carbocycles. The Morgan fingerprint density at radius 2 is 2.15 bits per heavy atom. The van der Waals surface area contributed by atoms with E-state index in [-0.39, 0.29) is 0 Å². The monoisotopic (exact) mass is 178 g/mol. The maximum Gasteiger partial charge on any atom is 0.0372 e. The molecule has 0 amide bonds. The van der Waals surface area contributed by atoms with Gasteiger partial charge in [-0.1, -0.05) is 19.9 Å². The molecular formula is C11H18N2. The van der Waals surface area contributed by atoms with Crippen molar-refractivity contribution >= 4 is 0 Å². The molecule has 0 spiro atoms. The van der Waals surface area contributed by atoms with Crippen molar-refractivity contribution in [1.29, 1.82) is 0 Å². The van der Waals surface area contributed by atoms with Crippen LogP contribution in [0.5, 0.6) is 0 Å². The predicted octanol–water partition coefficient (Wildman–Crippen LogP) is 2.45. The first kappa shape index (κ1) is 10.2. The molecule has 1 unspecified atom stereocenters. The van der Waals surface area contributed by atoms with Crippen molar-refractivity contribution in [2.24, 2.45) is 0 Å². The second-order valence-electron chi connectivity index (χ2n) is 3.25. The molecule has 1 aromatic rings. The standard InChI is InChI=1S/C11H18N2/c1-4-11(12-5-2)10-7-6-9(3)13-8-10/h6-8,11-12H,4-5H2,1-3H3. The first-order valence-electron chi connectivity index (χ1n) is 4.93. The first-order chi connectivity index (χ1) is 6.27. The molecule has 0 saturated heterocycles. The highest BCUT2D eigenvalue weighted by Gasteiger charge is 2.06. The lowest BCUT2D eigenvalue weighted by atomic mass is 10.1. The highest BCUT2D eigenvalue weighted by Crippen LogP contribution is 2.14. The normalized spacial score (nSPS) is 12.8. The number of nitrogens with one attached hydrogen (secondary N) is 1. The van der Waals surface area contributed by atoms with Crippen LogP contribution in [-0.4, -0.2) is 11.5 Å². The lowest BCUT2D eigenvalue weighted by Gasteiger charge is -2.15. The van der Waals surface area contributed by atoms with Crippen LogP contribution in [0.15, 0.2) is 18.3 Å². The minimum atomic E-state index is 0.457. The molecule has 1 heterocycles. The maximum atomic E-state index is 4.29. The highest BCUT2D eigenvalue weighted by molar-refractivity contribution is 5.16. The van der Waals surface area contributed by atoms with Gasteiger partial charge in [-0.05, 0) is 31.5 Å². The third-order valence-electron chi connectivity index (χ3n) is 2.20. The summed E-state index contributed by atoms with van der Waals surface area (Å²) in [5.74, 6) is 0. The van der Waals surface area contributed by atoms with E-state index in [1.165, 1.54) is 5.56 Å². The largest absolute Gasteiger partial charge is 0.310 e. The quantitative estimate of drug-likeness (QED) is 0.766. The van der Waals surface area contributed by atoms with E-state index in [9.17, 15) is 0 Å². The minimum absolute atomic E-state index is 0.457. The van der Waals surface area contributed by atoms with Crippen LogP contribution < -0.4 is 5.32 Å². The number of aryl methyl sites for hydroxylation is 1. The van der Waals surface area contributed by atoms with Crippen molar-refractivity contribution in [2.45, 2.75) is 33.2 Å². The first-order valence-corrected chi connectivity index (χ1v) is 4.93. The van der Waals surface area contributed by atoms with Gasteiger partial charge in [0, 0.05) is 17.9 Å². The summed E-state index contributed by atoms with van der Waals surface area (Å²) in [6, 6.07) is 4.67. The summed E-state index contributed by atoms with van der Waals surface area (Å²) in [7, 11) is 0. The van der Waals surface area contributed by atoms with Gasteiger partial charge in [0.15, 0.2) is 0 Å². The van der Waals surface area contributed by atoms with Crippen LogP contribution in [0.4, 0.5) is 0 Å². The Morgan fingerprint density at radius 3 is 2.62 bits per heavy atom. The van der Waals surface area contributed by atoms with E-state index in [4.69, 9.17) is 0 Å². The molecule has 1 atom stereocenters. The van der Waals surface area contributed by atoms with Gasteiger partial charge in [-0.15, -0.1) is 0 Å². The zero-order chi connectivity index (χ0) is 9.68. The molecule has 13 heavy (non-hydrogen) atoms. The average molecular weight is 178 g/mol. The molecule has 2 heteroatoms. The van der Waals surface area contributed by atoms with E-state index < -0.39 is 0 Å². The number of aromatic nitrogens is 1. The van der Waals surface area contributed by atoms with E-state index in [1.807, 2.05) is 13.1 Å². The van der Waals surface area contributed by atoms with E-state index in [2.05, 4.69) is 36.3 Å². The van der Waals surface area contributed by atoms with Crippen LogP contribution in [0.1, 0.15) is 37.6 Å². The van der Waals surface area contributed by atoms with Crippen molar-refractivity contribution in [3.63, 3.8) is 0 Å². The Bertz CT molecular complexity index is 241. The molecule has 0 saturated carbocycles. The smallest absolute Gasteiger partial charge is 0.0372 e. The predicted molar refractivity (Wildman–Crippen MR) is 55.7 cm³/mol. The summed E-state index contributed by atoms with van der Waals surface area (Å²) in [4.78, 5) is 4.29. The molecule has 0 bridgehead atoms. The Labute approximate surface area is 80.4 Å². The molecular weight excluding hydrogens is 160 g/mol. The van der Waals surface area contributed by atoms with Gasteiger partial charge in [0.05, 0.1) is 0 Å².